The van der Waals surface area contributed by atoms with Crippen molar-refractivity contribution in [3.05, 3.63) is 24.0 Å². The fraction of sp³-hybridized carbons (Fsp3) is 0.333. The second-order valence-electron chi connectivity index (χ2n) is 2.53. The van der Waals surface area contributed by atoms with E-state index in [4.69, 9.17) is 4.74 Å². The summed E-state index contributed by atoms with van der Waals surface area (Å²) >= 11 is 0. The first kappa shape index (κ1) is 9.51. The molecule has 1 aromatic heterocycles. The zero-order valence-corrected chi connectivity index (χ0v) is 7.73. The zero-order chi connectivity index (χ0) is 9.68. The van der Waals surface area contributed by atoms with E-state index in [-0.39, 0.29) is 5.97 Å². The standard InChI is InChI=1S/C9H12N2O2/c1-3-13-9(12)5-4-8-6-10-11(2)7-8/h4-7H,3H2,1-2H3/b5-4+. The fourth-order valence-electron chi connectivity index (χ4n) is 0.881. The topological polar surface area (TPSA) is 44.1 Å². The number of carbonyl (C=O) groups is 1. The van der Waals surface area contributed by atoms with E-state index in [1.807, 2.05) is 13.2 Å². The molecule has 0 spiro atoms. The molecule has 0 fully saturated rings. The van der Waals surface area contributed by atoms with Gasteiger partial charge in [0, 0.05) is 24.9 Å². The van der Waals surface area contributed by atoms with E-state index in [0.29, 0.717) is 6.61 Å². The molecule has 1 rings (SSSR count). The molecule has 0 N–H and O–H groups in total. The van der Waals surface area contributed by atoms with Crippen LogP contribution in [0.3, 0.4) is 0 Å². The third-order valence-electron chi connectivity index (χ3n) is 1.42. The van der Waals surface area contributed by atoms with Crippen LogP contribution in [-0.2, 0) is 16.6 Å². The van der Waals surface area contributed by atoms with E-state index >= 15 is 0 Å². The van der Waals surface area contributed by atoms with Crippen LogP contribution in [0.2, 0.25) is 0 Å². The van der Waals surface area contributed by atoms with Crippen molar-refractivity contribution in [3.63, 3.8) is 0 Å². The van der Waals surface area contributed by atoms with E-state index in [9.17, 15) is 4.79 Å². The van der Waals surface area contributed by atoms with Crippen molar-refractivity contribution in [1.82, 2.24) is 9.78 Å². The maximum atomic E-state index is 10.9. The average molecular weight is 180 g/mol. The second-order valence-corrected chi connectivity index (χ2v) is 2.53. The molecule has 0 aliphatic heterocycles. The molecule has 0 bridgehead atoms. The van der Waals surface area contributed by atoms with Gasteiger partial charge in [-0.15, -0.1) is 0 Å². The summed E-state index contributed by atoms with van der Waals surface area (Å²) in [6.07, 6.45) is 6.55. The quantitative estimate of drug-likeness (QED) is 0.514. The van der Waals surface area contributed by atoms with E-state index in [2.05, 4.69) is 5.10 Å². The molecule has 0 saturated carbocycles. The van der Waals surface area contributed by atoms with Gasteiger partial charge in [-0.2, -0.15) is 5.10 Å². The first-order valence-corrected chi connectivity index (χ1v) is 4.06. The van der Waals surface area contributed by atoms with Crippen LogP contribution in [0.1, 0.15) is 12.5 Å². The van der Waals surface area contributed by atoms with Gasteiger partial charge in [0.25, 0.3) is 0 Å². The molecule has 70 valence electrons. The Morgan fingerprint density at radius 1 is 1.77 bits per heavy atom. The van der Waals surface area contributed by atoms with Crippen LogP contribution in [-0.4, -0.2) is 22.4 Å². The summed E-state index contributed by atoms with van der Waals surface area (Å²) in [5.74, 6) is -0.327. The summed E-state index contributed by atoms with van der Waals surface area (Å²) in [6.45, 7) is 2.17. The Hall–Kier alpha value is -1.58. The highest BCUT2D eigenvalue weighted by atomic mass is 16.5. The van der Waals surface area contributed by atoms with Crippen LogP contribution in [0, 0.1) is 0 Å². The van der Waals surface area contributed by atoms with Crippen LogP contribution in [0.25, 0.3) is 6.08 Å². The van der Waals surface area contributed by atoms with Gasteiger partial charge < -0.3 is 4.74 Å². The second kappa shape index (κ2) is 4.45. The largest absolute Gasteiger partial charge is 0.463 e. The number of carbonyl (C=O) groups excluding carboxylic acids is 1. The van der Waals surface area contributed by atoms with Crippen molar-refractivity contribution < 1.29 is 9.53 Å². The SMILES string of the molecule is CCOC(=O)/C=C/c1cnn(C)c1. The van der Waals surface area contributed by atoms with E-state index in [1.165, 1.54) is 6.08 Å². The number of hydrogen-bond acceptors (Lipinski definition) is 3. The summed E-state index contributed by atoms with van der Waals surface area (Å²) in [5, 5.41) is 3.95. The van der Waals surface area contributed by atoms with Crippen molar-refractivity contribution in [1.29, 1.82) is 0 Å². The molecule has 0 aliphatic rings. The molecule has 0 atom stereocenters. The molecule has 1 heterocycles. The molecule has 4 nitrogen and oxygen atoms in total. The first-order valence-electron chi connectivity index (χ1n) is 4.06. The molecule has 0 radical (unpaired) electrons. The lowest BCUT2D eigenvalue weighted by atomic mass is 10.3. The summed E-state index contributed by atoms with van der Waals surface area (Å²) in [5.41, 5.74) is 0.885. The number of rotatable bonds is 3. The lowest BCUT2D eigenvalue weighted by Crippen LogP contribution is -1.98. The Bertz CT molecular complexity index is 315. The molecule has 0 unspecified atom stereocenters. The lowest BCUT2D eigenvalue weighted by Gasteiger charge is -1.92. The van der Waals surface area contributed by atoms with Gasteiger partial charge in [0.1, 0.15) is 0 Å². The molecule has 4 heteroatoms. The summed E-state index contributed by atoms with van der Waals surface area (Å²) < 4.78 is 6.39. The number of ether oxygens (including phenoxy) is 1. The molecule has 0 aromatic carbocycles. The normalized spacial score (nSPS) is 10.6. The third-order valence-corrected chi connectivity index (χ3v) is 1.42. The predicted molar refractivity (Wildman–Crippen MR) is 48.9 cm³/mol. The minimum atomic E-state index is -0.327. The Balaban J connectivity index is 2.53. The molecular formula is C9H12N2O2. The van der Waals surface area contributed by atoms with Crippen molar-refractivity contribution >= 4 is 12.0 Å². The van der Waals surface area contributed by atoms with E-state index in [1.54, 1.807) is 23.9 Å². The Kier molecular flexibility index (Phi) is 3.25. The van der Waals surface area contributed by atoms with Crippen LogP contribution in [0.4, 0.5) is 0 Å². The Morgan fingerprint density at radius 2 is 2.54 bits per heavy atom. The predicted octanol–water partition coefficient (Wildman–Crippen LogP) is 0.996. The number of hydrogen-bond donors (Lipinski definition) is 0. The van der Waals surface area contributed by atoms with Crippen LogP contribution < -0.4 is 0 Å². The van der Waals surface area contributed by atoms with Gasteiger partial charge in [0.2, 0.25) is 0 Å². The maximum absolute atomic E-state index is 10.9. The monoisotopic (exact) mass is 180 g/mol. The third kappa shape index (κ3) is 3.11. The highest BCUT2D eigenvalue weighted by Crippen LogP contribution is 1.99. The van der Waals surface area contributed by atoms with Gasteiger partial charge in [-0.3, -0.25) is 4.68 Å². The van der Waals surface area contributed by atoms with Gasteiger partial charge in [-0.05, 0) is 13.0 Å². The average Bonchev–Trinajstić information content (AvgIpc) is 2.49. The van der Waals surface area contributed by atoms with Crippen LogP contribution in [0.15, 0.2) is 18.5 Å². The van der Waals surface area contributed by atoms with Crippen molar-refractivity contribution in [3.8, 4) is 0 Å². The number of esters is 1. The van der Waals surface area contributed by atoms with Crippen molar-refractivity contribution in [2.45, 2.75) is 6.92 Å². The fourth-order valence-corrected chi connectivity index (χ4v) is 0.881. The molecule has 13 heavy (non-hydrogen) atoms. The van der Waals surface area contributed by atoms with Gasteiger partial charge in [0.15, 0.2) is 0 Å². The molecule has 0 saturated heterocycles. The zero-order valence-electron chi connectivity index (χ0n) is 7.73. The summed E-state index contributed by atoms with van der Waals surface area (Å²) in [7, 11) is 1.82. The molecule has 1 aromatic rings. The minimum Gasteiger partial charge on any atom is -0.463 e. The lowest BCUT2D eigenvalue weighted by molar-refractivity contribution is -0.137. The van der Waals surface area contributed by atoms with Crippen LogP contribution >= 0.6 is 0 Å². The highest BCUT2D eigenvalue weighted by Gasteiger charge is 1.94. The molecule has 0 amide bonds. The smallest absolute Gasteiger partial charge is 0.330 e. The van der Waals surface area contributed by atoms with E-state index in [0.717, 1.165) is 5.56 Å². The van der Waals surface area contributed by atoms with Gasteiger partial charge in [0.05, 0.1) is 12.8 Å². The van der Waals surface area contributed by atoms with Crippen molar-refractivity contribution in [2.75, 3.05) is 6.61 Å². The van der Waals surface area contributed by atoms with Crippen molar-refractivity contribution in [2.24, 2.45) is 7.05 Å². The Labute approximate surface area is 76.8 Å². The molecule has 0 aliphatic carbocycles. The van der Waals surface area contributed by atoms with Gasteiger partial charge in [-0.25, -0.2) is 4.79 Å². The number of aryl methyl sites for hydroxylation is 1. The highest BCUT2D eigenvalue weighted by molar-refractivity contribution is 5.86. The Morgan fingerprint density at radius 3 is 3.08 bits per heavy atom. The van der Waals surface area contributed by atoms with Crippen LogP contribution in [0.5, 0.6) is 0 Å². The summed E-state index contributed by atoms with van der Waals surface area (Å²) in [4.78, 5) is 10.9. The van der Waals surface area contributed by atoms with E-state index < -0.39 is 0 Å². The summed E-state index contributed by atoms with van der Waals surface area (Å²) in [6, 6.07) is 0. The van der Waals surface area contributed by atoms with Gasteiger partial charge in [-0.1, -0.05) is 0 Å². The van der Waals surface area contributed by atoms with Gasteiger partial charge >= 0.3 is 5.97 Å². The maximum Gasteiger partial charge on any atom is 0.330 e. The number of aromatic nitrogens is 2. The number of nitrogens with zero attached hydrogens (tertiary/aromatic N) is 2. The first-order chi connectivity index (χ1) is 6.22. The molecular weight excluding hydrogens is 168 g/mol. The minimum absolute atomic E-state index is 0.327.